The molecule has 1 heterocycles. The van der Waals surface area contributed by atoms with Crippen molar-refractivity contribution < 1.29 is 8.42 Å². The van der Waals surface area contributed by atoms with E-state index < -0.39 is 10.0 Å². The highest BCUT2D eigenvalue weighted by Crippen LogP contribution is 2.28. The Morgan fingerprint density at radius 2 is 2.24 bits per heavy atom. The highest BCUT2D eigenvalue weighted by atomic mass is 35.5. The van der Waals surface area contributed by atoms with Gasteiger partial charge in [0.1, 0.15) is 4.90 Å². The molecule has 0 amide bonds. The van der Waals surface area contributed by atoms with Crippen molar-refractivity contribution in [3.8, 4) is 0 Å². The monoisotopic (exact) mass is 350 g/mol. The summed E-state index contributed by atoms with van der Waals surface area (Å²) in [7, 11) is -3.61. The van der Waals surface area contributed by atoms with Gasteiger partial charge in [0.15, 0.2) is 5.82 Å². The average Bonchev–Trinajstić information content (AvgIpc) is 2.47. The van der Waals surface area contributed by atoms with Gasteiger partial charge < -0.3 is 5.43 Å². The fourth-order valence-electron chi connectivity index (χ4n) is 2.43. The molecule has 1 aliphatic carbocycles. The Morgan fingerprint density at radius 3 is 2.86 bits per heavy atom. The van der Waals surface area contributed by atoms with Crippen molar-refractivity contribution >= 4 is 39.2 Å². The number of hydrazine groups is 1. The van der Waals surface area contributed by atoms with Gasteiger partial charge in [-0.25, -0.2) is 24.0 Å². The van der Waals surface area contributed by atoms with E-state index in [1.165, 1.54) is 12.3 Å². The molecule has 2 rings (SSSR count). The van der Waals surface area contributed by atoms with Gasteiger partial charge >= 0.3 is 0 Å². The molecule has 1 aromatic rings. The van der Waals surface area contributed by atoms with Crippen LogP contribution in [0.3, 0.4) is 0 Å². The third-order valence-corrected chi connectivity index (χ3v) is 6.41. The van der Waals surface area contributed by atoms with E-state index in [9.17, 15) is 8.42 Å². The van der Waals surface area contributed by atoms with Crippen molar-refractivity contribution in [2.75, 3.05) is 11.7 Å². The van der Waals surface area contributed by atoms with Crippen molar-refractivity contribution in [3.63, 3.8) is 0 Å². The molecule has 1 aliphatic rings. The van der Waals surface area contributed by atoms with E-state index in [1.54, 1.807) is 11.8 Å². The van der Waals surface area contributed by atoms with E-state index in [1.807, 2.05) is 0 Å². The number of hydrogen-bond acceptors (Lipinski definition) is 6. The highest BCUT2D eigenvalue weighted by Gasteiger charge is 2.26. The number of pyridine rings is 1. The lowest BCUT2D eigenvalue weighted by Crippen LogP contribution is -2.39. The summed E-state index contributed by atoms with van der Waals surface area (Å²) in [4.78, 5) is 3.95. The Hall–Kier alpha value is -0.540. The zero-order valence-corrected chi connectivity index (χ0v) is 14.1. The van der Waals surface area contributed by atoms with Gasteiger partial charge in [0.25, 0.3) is 0 Å². The van der Waals surface area contributed by atoms with Crippen LogP contribution in [0.25, 0.3) is 0 Å². The van der Waals surface area contributed by atoms with E-state index in [-0.39, 0.29) is 21.8 Å². The first-order valence-electron chi connectivity index (χ1n) is 6.63. The summed E-state index contributed by atoms with van der Waals surface area (Å²) in [6.45, 7) is 0. The summed E-state index contributed by atoms with van der Waals surface area (Å²) >= 11 is 7.71. The van der Waals surface area contributed by atoms with Crippen LogP contribution in [0.1, 0.15) is 25.7 Å². The molecule has 0 aromatic carbocycles. The molecular weight excluding hydrogens is 332 g/mol. The summed E-state index contributed by atoms with van der Waals surface area (Å²) in [5.41, 5.74) is 2.31. The fraction of sp³-hybridized carbons (Fsp3) is 0.583. The third kappa shape index (κ3) is 4.23. The smallest absolute Gasteiger partial charge is 0.242 e. The van der Waals surface area contributed by atoms with Crippen LogP contribution in [-0.4, -0.2) is 30.9 Å². The number of hydrogen-bond donors (Lipinski definition) is 3. The molecule has 9 heteroatoms. The van der Waals surface area contributed by atoms with Crippen molar-refractivity contribution in [1.82, 2.24) is 9.71 Å². The van der Waals surface area contributed by atoms with Crippen LogP contribution in [0.4, 0.5) is 5.82 Å². The second-order valence-corrected chi connectivity index (χ2v) is 8.25. The Bertz CT molecular complexity index is 597. The quantitative estimate of drug-likeness (QED) is 0.555. The lowest BCUT2D eigenvalue weighted by molar-refractivity contribution is 0.420. The molecule has 2 atom stereocenters. The molecule has 4 N–H and O–H groups in total. The summed E-state index contributed by atoms with van der Waals surface area (Å²) in [5, 5.41) is 0.683. The number of sulfonamides is 1. The molecule has 1 fully saturated rings. The Morgan fingerprint density at radius 1 is 1.48 bits per heavy atom. The van der Waals surface area contributed by atoms with Crippen molar-refractivity contribution in [2.24, 2.45) is 5.84 Å². The molecular formula is C12H19ClN4O2S2. The van der Waals surface area contributed by atoms with E-state index in [2.05, 4.69) is 21.4 Å². The molecule has 0 radical (unpaired) electrons. The van der Waals surface area contributed by atoms with Gasteiger partial charge in [0.2, 0.25) is 10.0 Å². The summed E-state index contributed by atoms with van der Waals surface area (Å²) < 4.78 is 27.5. The van der Waals surface area contributed by atoms with Crippen LogP contribution in [0.15, 0.2) is 17.2 Å². The molecule has 6 nitrogen and oxygen atoms in total. The molecule has 118 valence electrons. The minimum absolute atomic E-state index is 0.0349. The first kappa shape index (κ1) is 16.8. The molecule has 1 saturated carbocycles. The normalized spacial score (nSPS) is 23.0. The number of nitrogens with one attached hydrogen (secondary N) is 2. The standard InChI is InChI=1S/C12H19ClN4O2S2/c1-20-9-4-2-3-8(5-9)17-21(18,19)10-6-11(13)12(16-14)15-7-10/h6-9,17H,2-5,14H2,1H3,(H,15,16). The molecule has 2 unspecified atom stereocenters. The second kappa shape index (κ2) is 7.15. The van der Waals surface area contributed by atoms with E-state index in [4.69, 9.17) is 17.4 Å². The maximum absolute atomic E-state index is 12.4. The number of aromatic nitrogens is 1. The van der Waals surface area contributed by atoms with Crippen LogP contribution in [-0.2, 0) is 10.0 Å². The first-order valence-corrected chi connectivity index (χ1v) is 9.78. The van der Waals surface area contributed by atoms with Gasteiger partial charge in [-0.2, -0.15) is 11.8 Å². The Balaban J connectivity index is 2.13. The number of nitrogens with zero attached hydrogens (tertiary/aromatic N) is 1. The number of nitrogen functional groups attached to an aromatic ring is 1. The summed E-state index contributed by atoms with van der Waals surface area (Å²) in [5.74, 6) is 5.47. The SMILES string of the molecule is CSC1CCCC(NS(=O)(=O)c2cnc(NN)c(Cl)c2)C1. The second-order valence-electron chi connectivity index (χ2n) is 4.99. The topological polar surface area (TPSA) is 97.1 Å². The number of halogens is 1. The molecule has 0 aliphatic heterocycles. The van der Waals surface area contributed by atoms with Gasteiger partial charge in [-0.15, -0.1) is 0 Å². The Kier molecular flexibility index (Phi) is 5.73. The lowest BCUT2D eigenvalue weighted by atomic mass is 9.96. The summed E-state index contributed by atoms with van der Waals surface area (Å²) in [6, 6.07) is 1.31. The van der Waals surface area contributed by atoms with Crippen LogP contribution in [0.5, 0.6) is 0 Å². The van der Waals surface area contributed by atoms with Gasteiger partial charge in [-0.1, -0.05) is 18.0 Å². The van der Waals surface area contributed by atoms with Crippen molar-refractivity contribution in [1.29, 1.82) is 0 Å². The van der Waals surface area contributed by atoms with Crippen molar-refractivity contribution in [2.45, 2.75) is 41.9 Å². The average molecular weight is 351 g/mol. The molecule has 0 spiro atoms. The number of rotatable bonds is 5. The summed E-state index contributed by atoms with van der Waals surface area (Å²) in [6.07, 6.45) is 7.20. The lowest BCUT2D eigenvalue weighted by Gasteiger charge is -2.28. The maximum atomic E-state index is 12.4. The van der Waals surface area contributed by atoms with Crippen molar-refractivity contribution in [3.05, 3.63) is 17.3 Å². The first-order chi connectivity index (χ1) is 9.96. The highest BCUT2D eigenvalue weighted by molar-refractivity contribution is 7.99. The predicted molar refractivity (Wildman–Crippen MR) is 86.9 cm³/mol. The number of anilines is 1. The van der Waals surface area contributed by atoms with Gasteiger partial charge in [-0.05, 0) is 31.6 Å². The van der Waals surface area contributed by atoms with Crippen LogP contribution < -0.4 is 16.0 Å². The van der Waals surface area contributed by atoms with Crippen LogP contribution >= 0.6 is 23.4 Å². The third-order valence-electron chi connectivity index (χ3n) is 3.54. The van der Waals surface area contributed by atoms with Crippen LogP contribution in [0, 0.1) is 0 Å². The van der Waals surface area contributed by atoms with Gasteiger partial charge in [0.05, 0.1) is 5.02 Å². The van der Waals surface area contributed by atoms with E-state index in [0.29, 0.717) is 5.25 Å². The van der Waals surface area contributed by atoms with E-state index >= 15 is 0 Å². The predicted octanol–water partition coefficient (Wildman–Crippen LogP) is 1.97. The molecule has 21 heavy (non-hydrogen) atoms. The maximum Gasteiger partial charge on any atom is 0.242 e. The minimum Gasteiger partial charge on any atom is -0.307 e. The largest absolute Gasteiger partial charge is 0.307 e. The zero-order chi connectivity index (χ0) is 15.5. The molecule has 0 saturated heterocycles. The molecule has 1 aromatic heterocycles. The van der Waals surface area contributed by atoms with E-state index in [0.717, 1.165) is 25.7 Å². The fourth-order valence-corrected chi connectivity index (χ4v) is 4.79. The minimum atomic E-state index is -3.61. The Labute approximate surface area is 134 Å². The van der Waals surface area contributed by atoms with Crippen LogP contribution in [0.2, 0.25) is 5.02 Å². The number of nitrogens with two attached hydrogens (primary N) is 1. The van der Waals surface area contributed by atoms with Gasteiger partial charge in [0, 0.05) is 17.5 Å². The van der Waals surface area contributed by atoms with Gasteiger partial charge in [-0.3, -0.25) is 0 Å². The zero-order valence-electron chi connectivity index (χ0n) is 11.7. The molecule has 0 bridgehead atoms. The number of thioether (sulfide) groups is 1.